The molecule has 190 valence electrons. The minimum atomic E-state index is -2.07. The van der Waals surface area contributed by atoms with Gasteiger partial charge >= 0.3 is 5.97 Å². The van der Waals surface area contributed by atoms with Crippen molar-refractivity contribution >= 4 is 17.0 Å². The summed E-state index contributed by atoms with van der Waals surface area (Å²) in [6, 6.07) is 6.85. The number of hydrogen-bond acceptors (Lipinski definition) is 4. The molecule has 35 heavy (non-hydrogen) atoms. The van der Waals surface area contributed by atoms with Gasteiger partial charge in [-0.15, -0.1) is 0 Å². The highest BCUT2D eigenvalue weighted by Gasteiger charge is 2.51. The molecule has 1 saturated carbocycles. The van der Waals surface area contributed by atoms with Crippen LogP contribution in [0.1, 0.15) is 31.2 Å². The Labute approximate surface area is 202 Å². The van der Waals surface area contributed by atoms with E-state index in [1.54, 1.807) is 6.07 Å². The van der Waals surface area contributed by atoms with E-state index in [0.717, 1.165) is 6.07 Å². The van der Waals surface area contributed by atoms with Gasteiger partial charge in [0.2, 0.25) is 0 Å². The van der Waals surface area contributed by atoms with E-state index in [-0.39, 0.29) is 61.2 Å². The smallest absolute Gasteiger partial charge is 0.306 e. The SMILES string of the molecule is O=C(O)CCOc1c(F)cccc1-c1cccc(CC2NCCC(F)C2NS(=O)C2(F)CC2)c1F. The zero-order valence-corrected chi connectivity index (χ0v) is 19.6. The quantitative estimate of drug-likeness (QED) is 0.420. The zero-order valence-electron chi connectivity index (χ0n) is 18.7. The summed E-state index contributed by atoms with van der Waals surface area (Å²) in [5, 5.41) is 10.1. The second-order valence-corrected chi connectivity index (χ2v) is 10.3. The van der Waals surface area contributed by atoms with Crippen molar-refractivity contribution in [3.8, 4) is 16.9 Å². The topological polar surface area (TPSA) is 87.7 Å². The van der Waals surface area contributed by atoms with Crippen LogP contribution in [0.2, 0.25) is 0 Å². The molecule has 4 rings (SSSR count). The van der Waals surface area contributed by atoms with E-state index in [1.807, 2.05) is 0 Å². The molecule has 0 amide bonds. The first kappa shape index (κ1) is 25.6. The van der Waals surface area contributed by atoms with E-state index in [4.69, 9.17) is 9.84 Å². The van der Waals surface area contributed by atoms with Crippen molar-refractivity contribution in [1.29, 1.82) is 0 Å². The molecule has 0 spiro atoms. The number of hydrogen-bond donors (Lipinski definition) is 3. The molecule has 4 unspecified atom stereocenters. The first-order valence-electron chi connectivity index (χ1n) is 11.3. The van der Waals surface area contributed by atoms with Crippen LogP contribution in [0.25, 0.3) is 11.1 Å². The molecule has 3 N–H and O–H groups in total. The molecule has 1 aliphatic carbocycles. The maximum absolute atomic E-state index is 15.6. The van der Waals surface area contributed by atoms with Crippen molar-refractivity contribution in [2.75, 3.05) is 13.2 Å². The molecule has 0 radical (unpaired) electrons. The van der Waals surface area contributed by atoms with Crippen molar-refractivity contribution in [2.45, 2.75) is 55.4 Å². The minimum absolute atomic E-state index is 0.0127. The number of nitrogens with one attached hydrogen (secondary N) is 2. The van der Waals surface area contributed by atoms with Crippen LogP contribution >= 0.6 is 0 Å². The Morgan fingerprint density at radius 2 is 1.91 bits per heavy atom. The van der Waals surface area contributed by atoms with Gasteiger partial charge in [0, 0.05) is 17.2 Å². The molecular formula is C24H26F4N2O4S. The Morgan fingerprint density at radius 1 is 1.20 bits per heavy atom. The summed E-state index contributed by atoms with van der Waals surface area (Å²) in [5.74, 6) is -2.82. The van der Waals surface area contributed by atoms with E-state index in [1.165, 1.54) is 24.3 Å². The number of carbonyl (C=O) groups is 1. The van der Waals surface area contributed by atoms with Gasteiger partial charge in [-0.2, -0.15) is 0 Å². The monoisotopic (exact) mass is 514 g/mol. The van der Waals surface area contributed by atoms with Gasteiger partial charge in [0.15, 0.2) is 16.6 Å². The molecule has 0 aromatic heterocycles. The number of para-hydroxylation sites is 1. The van der Waals surface area contributed by atoms with E-state index in [0.29, 0.717) is 6.54 Å². The molecule has 2 fully saturated rings. The van der Waals surface area contributed by atoms with Crippen LogP contribution < -0.4 is 14.8 Å². The molecule has 2 aromatic rings. The maximum atomic E-state index is 15.6. The molecule has 2 aromatic carbocycles. The van der Waals surface area contributed by atoms with Crippen LogP contribution in [-0.2, 0) is 22.2 Å². The van der Waals surface area contributed by atoms with Crippen LogP contribution in [0.15, 0.2) is 36.4 Å². The highest BCUT2D eigenvalue weighted by atomic mass is 32.2. The zero-order chi connectivity index (χ0) is 25.2. The van der Waals surface area contributed by atoms with E-state index in [9.17, 15) is 22.2 Å². The number of carboxylic acids is 1. The molecule has 2 aliphatic rings. The number of piperidine rings is 1. The third-order valence-electron chi connectivity index (χ3n) is 6.21. The molecule has 1 aliphatic heterocycles. The van der Waals surface area contributed by atoms with E-state index >= 15 is 4.39 Å². The summed E-state index contributed by atoms with van der Waals surface area (Å²) < 4.78 is 79.2. The minimum Gasteiger partial charge on any atom is -0.489 e. The second kappa shape index (κ2) is 10.6. The lowest BCUT2D eigenvalue weighted by molar-refractivity contribution is -0.137. The van der Waals surface area contributed by atoms with Gasteiger partial charge in [0.25, 0.3) is 0 Å². The lowest BCUT2D eigenvalue weighted by atomic mass is 9.90. The van der Waals surface area contributed by atoms with Gasteiger partial charge in [-0.3, -0.25) is 4.79 Å². The number of ether oxygens (including phenoxy) is 1. The highest BCUT2D eigenvalue weighted by Crippen LogP contribution is 2.42. The molecule has 1 saturated heterocycles. The second-order valence-electron chi connectivity index (χ2n) is 8.75. The normalized spacial score (nSPS) is 24.1. The average Bonchev–Trinajstić information content (AvgIpc) is 3.57. The summed E-state index contributed by atoms with van der Waals surface area (Å²) in [6.07, 6.45) is -1.29. The number of carboxylic acid groups (broad SMARTS) is 1. The summed E-state index contributed by atoms with van der Waals surface area (Å²) >= 11 is 0. The number of alkyl halides is 2. The van der Waals surface area contributed by atoms with Gasteiger partial charge in [0.05, 0.1) is 19.1 Å². The molecular weight excluding hydrogens is 488 g/mol. The van der Waals surface area contributed by atoms with Crippen LogP contribution in [0.4, 0.5) is 17.6 Å². The van der Waals surface area contributed by atoms with Gasteiger partial charge in [-0.05, 0) is 43.9 Å². The molecule has 4 atom stereocenters. The lowest BCUT2D eigenvalue weighted by Gasteiger charge is -2.36. The predicted molar refractivity (Wildman–Crippen MR) is 123 cm³/mol. The van der Waals surface area contributed by atoms with Crippen LogP contribution in [0.3, 0.4) is 0 Å². The number of benzene rings is 2. The predicted octanol–water partition coefficient (Wildman–Crippen LogP) is 3.81. The van der Waals surface area contributed by atoms with Gasteiger partial charge in [0.1, 0.15) is 23.0 Å². The standard InChI is InChI=1S/C24H26F4N2O4S/c25-17-7-11-29-19(22(17)30-35(33)24(28)9-10-24)13-14-3-1-4-15(21(14)27)16-5-2-6-18(26)23(16)34-12-8-20(31)32/h1-6,17,19,22,29-30H,7-13H2,(H,31,32). The summed E-state index contributed by atoms with van der Waals surface area (Å²) in [5.41, 5.74) is 0.348. The van der Waals surface area contributed by atoms with Crippen molar-refractivity contribution in [2.24, 2.45) is 0 Å². The average molecular weight is 515 g/mol. The fourth-order valence-electron chi connectivity index (χ4n) is 4.12. The Morgan fingerprint density at radius 3 is 2.63 bits per heavy atom. The van der Waals surface area contributed by atoms with Crippen LogP contribution in [0.5, 0.6) is 5.75 Å². The largest absolute Gasteiger partial charge is 0.489 e. The Hall–Kier alpha value is -2.50. The van der Waals surface area contributed by atoms with Crippen molar-refractivity contribution in [1.82, 2.24) is 10.0 Å². The number of aliphatic carboxylic acids is 1. The third-order valence-corrected chi connectivity index (χ3v) is 7.77. The Kier molecular flexibility index (Phi) is 7.77. The first-order valence-corrected chi connectivity index (χ1v) is 12.5. The van der Waals surface area contributed by atoms with Gasteiger partial charge in [-0.1, -0.05) is 30.3 Å². The fraction of sp³-hybridized carbons (Fsp3) is 0.458. The lowest BCUT2D eigenvalue weighted by Crippen LogP contribution is -2.59. The van der Waals surface area contributed by atoms with Crippen molar-refractivity contribution < 1.29 is 36.4 Å². The number of rotatable bonds is 10. The Bertz CT molecular complexity index is 1110. The maximum Gasteiger partial charge on any atom is 0.306 e. The van der Waals surface area contributed by atoms with Crippen LogP contribution in [-0.4, -0.2) is 51.7 Å². The molecule has 11 heteroatoms. The molecule has 6 nitrogen and oxygen atoms in total. The number of halogens is 4. The van der Waals surface area contributed by atoms with Crippen molar-refractivity contribution in [3.05, 3.63) is 53.6 Å². The summed E-state index contributed by atoms with van der Waals surface area (Å²) in [6.45, 7) is 0.0270. The van der Waals surface area contributed by atoms with E-state index < -0.39 is 51.8 Å². The van der Waals surface area contributed by atoms with Gasteiger partial charge < -0.3 is 15.2 Å². The first-order chi connectivity index (χ1) is 16.7. The molecule has 0 bridgehead atoms. The molecule has 1 heterocycles. The van der Waals surface area contributed by atoms with Crippen molar-refractivity contribution in [3.63, 3.8) is 0 Å². The summed E-state index contributed by atoms with van der Waals surface area (Å²) in [4.78, 5) is 10.8. The summed E-state index contributed by atoms with van der Waals surface area (Å²) in [7, 11) is -2.07. The van der Waals surface area contributed by atoms with E-state index in [2.05, 4.69) is 10.0 Å². The highest BCUT2D eigenvalue weighted by molar-refractivity contribution is 7.84. The third kappa shape index (κ3) is 5.84. The van der Waals surface area contributed by atoms with Crippen LogP contribution in [0, 0.1) is 11.6 Å². The Balaban J connectivity index is 1.58. The van der Waals surface area contributed by atoms with Gasteiger partial charge in [-0.25, -0.2) is 26.5 Å². The fourth-order valence-corrected chi connectivity index (χ4v) is 5.37.